The molecule has 0 saturated carbocycles. The summed E-state index contributed by atoms with van der Waals surface area (Å²) in [5.41, 5.74) is 0.526. The molecule has 0 unspecified atom stereocenters. The molecule has 0 aliphatic heterocycles. The van der Waals surface area contributed by atoms with Gasteiger partial charge in [0.25, 0.3) is 0 Å². The molecular weight excluding hydrogens is 222 g/mol. The number of nitrogens with zero attached hydrogens (tertiary/aromatic N) is 1. The normalized spacial score (nSPS) is 9.00. The van der Waals surface area contributed by atoms with Crippen LogP contribution in [0.25, 0.3) is 0 Å². The number of benzene rings is 1. The zero-order chi connectivity index (χ0) is 8.43. The van der Waals surface area contributed by atoms with Crippen LogP contribution in [-0.4, -0.2) is 5.48 Å². The second-order valence-electron chi connectivity index (χ2n) is 1.91. The van der Waals surface area contributed by atoms with Crippen LogP contribution in [0.4, 0.5) is 5.69 Å². The number of hydrogen-bond donors (Lipinski definition) is 1. The van der Waals surface area contributed by atoms with Gasteiger partial charge in [0.05, 0.1) is 10.7 Å². The Bertz CT molecular complexity index is 267. The second kappa shape index (κ2) is 4.74. The Balaban J connectivity index is 0.00000121. The lowest BCUT2D eigenvalue weighted by Gasteiger charge is -2.09. The Kier molecular flexibility index (Phi) is 4.67. The van der Waals surface area contributed by atoms with Crippen LogP contribution in [0.15, 0.2) is 18.2 Å². The van der Waals surface area contributed by atoms with Crippen molar-refractivity contribution in [3.63, 3.8) is 0 Å². The first kappa shape index (κ1) is 11.8. The van der Waals surface area contributed by atoms with Gasteiger partial charge >= 0.3 is 0 Å². The van der Waals surface area contributed by atoms with Crippen molar-refractivity contribution in [3.8, 4) is 0 Å². The first-order chi connectivity index (χ1) is 5.11. The van der Waals surface area contributed by atoms with Gasteiger partial charge < -0.3 is 5.48 Å². The molecule has 68 valence electrons. The number of anilines is 1. The smallest absolute Gasteiger partial charge is 0.0890 e. The van der Waals surface area contributed by atoms with Gasteiger partial charge in [0.1, 0.15) is 0 Å². The summed E-state index contributed by atoms with van der Waals surface area (Å²) >= 11 is 16.8. The number of nitrogens with two attached hydrogens (primary N) is 1. The van der Waals surface area contributed by atoms with E-state index in [0.29, 0.717) is 15.7 Å². The van der Waals surface area contributed by atoms with Gasteiger partial charge in [-0.1, -0.05) is 23.2 Å². The van der Waals surface area contributed by atoms with Gasteiger partial charge in [-0.05, 0) is 18.2 Å². The maximum Gasteiger partial charge on any atom is 0.0890 e. The Morgan fingerprint density at radius 1 is 1.25 bits per heavy atom. The lowest BCUT2D eigenvalue weighted by atomic mass is 10.3. The van der Waals surface area contributed by atoms with Crippen LogP contribution in [0, 0.1) is 0 Å². The van der Waals surface area contributed by atoms with Crippen LogP contribution in [0.2, 0.25) is 10.0 Å². The van der Waals surface area contributed by atoms with E-state index in [4.69, 9.17) is 40.8 Å². The topological polar surface area (TPSA) is 60.8 Å². The summed E-state index contributed by atoms with van der Waals surface area (Å²) in [6.45, 7) is 0. The number of halogens is 3. The molecule has 3 nitrogen and oxygen atoms in total. The van der Waals surface area contributed by atoms with E-state index in [-0.39, 0.29) is 5.48 Å². The highest BCUT2D eigenvalue weighted by Gasteiger charge is 2.03. The summed E-state index contributed by atoms with van der Waals surface area (Å²) in [7, 11) is 0. The molecule has 0 atom stereocenters. The fourth-order valence-electron chi connectivity index (χ4n) is 0.655. The highest BCUT2D eigenvalue weighted by molar-refractivity contribution is 6.38. The predicted molar refractivity (Wildman–Crippen MR) is 52.6 cm³/mol. The van der Waals surface area contributed by atoms with E-state index in [2.05, 4.69) is 0 Å². The van der Waals surface area contributed by atoms with Gasteiger partial charge in [-0.2, -0.15) is 0 Å². The number of hydrogen-bond acceptors (Lipinski definition) is 2. The van der Waals surface area contributed by atoms with Crippen LogP contribution < -0.4 is 10.4 Å². The van der Waals surface area contributed by atoms with Crippen molar-refractivity contribution >= 4 is 40.7 Å². The average molecular weight is 229 g/mol. The van der Waals surface area contributed by atoms with Crippen molar-refractivity contribution in [1.82, 2.24) is 0 Å². The summed E-state index contributed by atoms with van der Waals surface area (Å²) in [4.78, 5) is 0. The largest absolute Gasteiger partial charge is 0.412 e. The Morgan fingerprint density at radius 2 is 1.83 bits per heavy atom. The SMILES string of the molecule is NN(Cl)c1ccc(Cl)cc1Cl.O. The first-order valence-electron chi connectivity index (χ1n) is 2.77. The standard InChI is InChI=1S/C6H5Cl3N2.H2O/c7-4-1-2-6(11(9)10)5(8)3-4;/h1-3H,10H2;1H2. The third-order valence-corrected chi connectivity index (χ3v) is 1.86. The lowest BCUT2D eigenvalue weighted by molar-refractivity contribution is 0.824. The molecule has 0 amide bonds. The molecule has 0 bridgehead atoms. The van der Waals surface area contributed by atoms with Gasteiger partial charge in [0, 0.05) is 16.8 Å². The molecule has 0 fully saturated rings. The third kappa shape index (κ3) is 2.69. The fraction of sp³-hybridized carbons (Fsp3) is 0. The van der Waals surface area contributed by atoms with E-state index in [1.807, 2.05) is 0 Å². The van der Waals surface area contributed by atoms with Crippen LogP contribution in [0.3, 0.4) is 0 Å². The minimum Gasteiger partial charge on any atom is -0.412 e. The molecule has 0 saturated heterocycles. The van der Waals surface area contributed by atoms with Gasteiger partial charge in [-0.25, -0.2) is 10.4 Å². The van der Waals surface area contributed by atoms with Crippen LogP contribution in [0.5, 0.6) is 0 Å². The quantitative estimate of drug-likeness (QED) is 0.455. The van der Waals surface area contributed by atoms with E-state index in [0.717, 1.165) is 4.53 Å². The maximum absolute atomic E-state index is 5.73. The summed E-state index contributed by atoms with van der Waals surface area (Å²) < 4.78 is 0.915. The zero-order valence-corrected chi connectivity index (χ0v) is 8.16. The Hall–Kier alpha value is -0.190. The van der Waals surface area contributed by atoms with Crippen molar-refractivity contribution in [3.05, 3.63) is 28.2 Å². The predicted octanol–water partition coefficient (Wildman–Crippen LogP) is 2.00. The number of rotatable bonds is 1. The Morgan fingerprint density at radius 3 is 2.25 bits per heavy atom. The minimum atomic E-state index is 0. The summed E-state index contributed by atoms with van der Waals surface area (Å²) in [5, 5.41) is 0.979. The van der Waals surface area contributed by atoms with Crippen LogP contribution in [0.1, 0.15) is 0 Å². The van der Waals surface area contributed by atoms with E-state index < -0.39 is 0 Å². The summed E-state index contributed by atoms with van der Waals surface area (Å²) in [6, 6.07) is 4.86. The lowest BCUT2D eigenvalue weighted by Crippen LogP contribution is -2.18. The van der Waals surface area contributed by atoms with Crippen LogP contribution in [-0.2, 0) is 0 Å². The number of hydrazine groups is 1. The maximum atomic E-state index is 5.73. The van der Waals surface area contributed by atoms with Crippen molar-refractivity contribution in [1.29, 1.82) is 0 Å². The molecule has 4 N–H and O–H groups in total. The van der Waals surface area contributed by atoms with Gasteiger partial charge in [-0.3, -0.25) is 0 Å². The molecule has 0 aliphatic rings. The van der Waals surface area contributed by atoms with E-state index in [1.54, 1.807) is 18.2 Å². The third-order valence-electron chi connectivity index (χ3n) is 1.14. The molecule has 1 aromatic rings. The minimum absolute atomic E-state index is 0. The molecule has 12 heavy (non-hydrogen) atoms. The summed E-state index contributed by atoms with van der Waals surface area (Å²) in [6.07, 6.45) is 0. The molecule has 0 radical (unpaired) electrons. The van der Waals surface area contributed by atoms with Crippen molar-refractivity contribution in [2.45, 2.75) is 0 Å². The molecule has 1 rings (SSSR count). The first-order valence-corrected chi connectivity index (χ1v) is 3.86. The van der Waals surface area contributed by atoms with E-state index in [1.165, 1.54) is 0 Å². The highest BCUT2D eigenvalue weighted by Crippen LogP contribution is 2.27. The molecule has 6 heteroatoms. The Labute approximate surface area is 85.0 Å². The average Bonchev–Trinajstić information content (AvgIpc) is 1.85. The second-order valence-corrected chi connectivity index (χ2v) is 3.11. The van der Waals surface area contributed by atoms with Crippen LogP contribution >= 0.6 is 35.0 Å². The van der Waals surface area contributed by atoms with Crippen molar-refractivity contribution < 1.29 is 5.48 Å². The van der Waals surface area contributed by atoms with Gasteiger partial charge in [0.15, 0.2) is 0 Å². The summed E-state index contributed by atoms with van der Waals surface area (Å²) in [5.74, 6) is 5.24. The molecule has 0 heterocycles. The molecule has 0 aromatic heterocycles. The van der Waals surface area contributed by atoms with Gasteiger partial charge in [0.2, 0.25) is 0 Å². The molecule has 1 aromatic carbocycles. The fourth-order valence-corrected chi connectivity index (χ4v) is 1.34. The van der Waals surface area contributed by atoms with Crippen molar-refractivity contribution in [2.75, 3.05) is 4.53 Å². The molecular formula is C6H7Cl3N2O. The zero-order valence-electron chi connectivity index (χ0n) is 5.89. The highest BCUT2D eigenvalue weighted by atomic mass is 35.5. The molecule has 0 spiro atoms. The van der Waals surface area contributed by atoms with Gasteiger partial charge in [-0.15, -0.1) is 0 Å². The monoisotopic (exact) mass is 228 g/mol. The van der Waals surface area contributed by atoms with E-state index >= 15 is 0 Å². The van der Waals surface area contributed by atoms with Crippen molar-refractivity contribution in [2.24, 2.45) is 5.84 Å². The van der Waals surface area contributed by atoms with E-state index in [9.17, 15) is 0 Å². The molecule has 0 aliphatic carbocycles.